The summed E-state index contributed by atoms with van der Waals surface area (Å²) in [5.74, 6) is -0.594. The molecule has 0 unspecified atom stereocenters. The van der Waals surface area contributed by atoms with Crippen molar-refractivity contribution in [1.29, 1.82) is 0 Å². The molecule has 7 heteroatoms. The molecule has 0 aliphatic rings. The number of anilines is 1. The van der Waals surface area contributed by atoms with E-state index in [4.69, 9.17) is 0 Å². The van der Waals surface area contributed by atoms with Crippen molar-refractivity contribution < 1.29 is 9.59 Å². The molecule has 0 bridgehead atoms. The van der Waals surface area contributed by atoms with Crippen LogP contribution in [0.4, 0.5) is 5.13 Å². The van der Waals surface area contributed by atoms with E-state index in [1.807, 2.05) is 39.0 Å². The van der Waals surface area contributed by atoms with Gasteiger partial charge in [-0.05, 0) is 30.9 Å². The number of carbonyl (C=O) groups is 2. The molecule has 2 rings (SSSR count). The number of amides is 2. The van der Waals surface area contributed by atoms with E-state index in [2.05, 4.69) is 27.8 Å². The molecule has 0 spiro atoms. The first kappa shape index (κ1) is 19.1. The average molecular weight is 360 g/mol. The highest BCUT2D eigenvalue weighted by Crippen LogP contribution is 2.18. The van der Waals surface area contributed by atoms with Crippen molar-refractivity contribution in [2.24, 2.45) is 5.92 Å². The highest BCUT2D eigenvalue weighted by Gasteiger charge is 2.26. The van der Waals surface area contributed by atoms with E-state index in [9.17, 15) is 9.59 Å². The van der Waals surface area contributed by atoms with Crippen molar-refractivity contribution in [3.63, 3.8) is 0 Å². The number of nitrogens with one attached hydrogen (secondary N) is 2. The molecule has 0 radical (unpaired) electrons. The molecule has 1 heterocycles. The van der Waals surface area contributed by atoms with Crippen molar-refractivity contribution >= 4 is 28.3 Å². The smallest absolute Gasteiger partial charge is 0.252 e. The van der Waals surface area contributed by atoms with Crippen LogP contribution in [0.3, 0.4) is 0 Å². The lowest BCUT2D eigenvalue weighted by Gasteiger charge is -2.21. The number of benzene rings is 1. The number of nitrogens with zero attached hydrogens (tertiary/aromatic N) is 2. The van der Waals surface area contributed by atoms with Crippen LogP contribution in [-0.2, 0) is 11.2 Å². The summed E-state index contributed by atoms with van der Waals surface area (Å²) in [6.07, 6.45) is 1.81. The fraction of sp³-hybridized carbons (Fsp3) is 0.444. The van der Waals surface area contributed by atoms with Crippen LogP contribution in [-0.4, -0.2) is 28.1 Å². The van der Waals surface area contributed by atoms with Gasteiger partial charge in [0.05, 0.1) is 0 Å². The van der Waals surface area contributed by atoms with E-state index in [1.165, 1.54) is 11.3 Å². The first-order valence-corrected chi connectivity index (χ1v) is 9.23. The van der Waals surface area contributed by atoms with Crippen LogP contribution in [0.25, 0.3) is 0 Å². The van der Waals surface area contributed by atoms with Crippen LogP contribution in [0.2, 0.25) is 0 Å². The Morgan fingerprint density at radius 1 is 1.20 bits per heavy atom. The zero-order chi connectivity index (χ0) is 18.4. The molecular weight excluding hydrogens is 336 g/mol. The maximum absolute atomic E-state index is 12.6. The molecule has 1 atom stereocenters. The Bertz CT molecular complexity index is 742. The van der Waals surface area contributed by atoms with Crippen molar-refractivity contribution in [2.75, 3.05) is 5.32 Å². The van der Waals surface area contributed by atoms with Gasteiger partial charge in [0.25, 0.3) is 5.91 Å². The van der Waals surface area contributed by atoms with Gasteiger partial charge in [-0.15, -0.1) is 10.2 Å². The summed E-state index contributed by atoms with van der Waals surface area (Å²) in [6, 6.07) is 6.66. The number of hydrogen-bond donors (Lipinski definition) is 2. The van der Waals surface area contributed by atoms with Gasteiger partial charge in [0.15, 0.2) is 0 Å². The zero-order valence-electron chi connectivity index (χ0n) is 15.0. The molecule has 2 N–H and O–H groups in total. The summed E-state index contributed by atoms with van der Waals surface area (Å²) in [5, 5.41) is 15.0. The number of hydrogen-bond acceptors (Lipinski definition) is 5. The second-order valence-corrected chi connectivity index (χ2v) is 7.31. The fourth-order valence-corrected chi connectivity index (χ4v) is 3.23. The summed E-state index contributed by atoms with van der Waals surface area (Å²) in [5.41, 5.74) is 1.44. The molecule has 0 fully saturated rings. The van der Waals surface area contributed by atoms with Gasteiger partial charge in [-0.25, -0.2) is 0 Å². The lowest BCUT2D eigenvalue weighted by Crippen LogP contribution is -2.47. The minimum atomic E-state index is -0.648. The Morgan fingerprint density at radius 3 is 2.56 bits per heavy atom. The van der Waals surface area contributed by atoms with Crippen LogP contribution >= 0.6 is 11.3 Å². The van der Waals surface area contributed by atoms with Crippen LogP contribution < -0.4 is 10.6 Å². The van der Waals surface area contributed by atoms with Crippen LogP contribution in [0.15, 0.2) is 24.3 Å². The Labute approximate surface area is 152 Å². The normalized spacial score (nSPS) is 12.0. The largest absolute Gasteiger partial charge is 0.340 e. The van der Waals surface area contributed by atoms with Crippen molar-refractivity contribution in [1.82, 2.24) is 15.5 Å². The number of rotatable bonds is 7. The molecule has 0 aliphatic carbocycles. The van der Waals surface area contributed by atoms with Gasteiger partial charge in [-0.2, -0.15) is 0 Å². The lowest BCUT2D eigenvalue weighted by molar-refractivity contribution is -0.118. The first-order valence-electron chi connectivity index (χ1n) is 8.42. The summed E-state index contributed by atoms with van der Waals surface area (Å²) in [7, 11) is 0. The van der Waals surface area contributed by atoms with Gasteiger partial charge < -0.3 is 5.32 Å². The van der Waals surface area contributed by atoms with E-state index in [1.54, 1.807) is 6.07 Å². The molecule has 2 aromatic rings. The summed E-state index contributed by atoms with van der Waals surface area (Å²) < 4.78 is 0. The van der Waals surface area contributed by atoms with Gasteiger partial charge >= 0.3 is 0 Å². The average Bonchev–Trinajstić information content (AvgIpc) is 2.99. The Balaban J connectivity index is 2.07. The van der Waals surface area contributed by atoms with Crippen LogP contribution in [0.5, 0.6) is 0 Å². The van der Waals surface area contributed by atoms with E-state index in [0.717, 1.165) is 23.4 Å². The topological polar surface area (TPSA) is 84.0 Å². The van der Waals surface area contributed by atoms with Gasteiger partial charge in [0.1, 0.15) is 11.0 Å². The maximum atomic E-state index is 12.6. The maximum Gasteiger partial charge on any atom is 0.252 e. The minimum Gasteiger partial charge on any atom is -0.340 e. The number of aryl methyl sites for hydroxylation is 2. The van der Waals surface area contributed by atoms with Crippen LogP contribution in [0.1, 0.15) is 48.1 Å². The van der Waals surface area contributed by atoms with Crippen molar-refractivity contribution in [2.45, 2.75) is 46.6 Å². The molecular formula is C18H24N4O2S. The fourth-order valence-electron chi connectivity index (χ4n) is 2.38. The highest BCUT2D eigenvalue weighted by atomic mass is 32.1. The summed E-state index contributed by atoms with van der Waals surface area (Å²) in [4.78, 5) is 25.1. The molecule has 1 aromatic heterocycles. The third-order valence-corrected chi connectivity index (χ3v) is 4.68. The minimum absolute atomic E-state index is 0.0593. The highest BCUT2D eigenvalue weighted by molar-refractivity contribution is 7.15. The Morgan fingerprint density at radius 2 is 1.92 bits per heavy atom. The number of carbonyl (C=O) groups excluding carboxylic acids is 2. The predicted molar refractivity (Wildman–Crippen MR) is 99.8 cm³/mol. The lowest BCUT2D eigenvalue weighted by atomic mass is 10.0. The van der Waals surface area contributed by atoms with E-state index in [-0.39, 0.29) is 17.7 Å². The Hall–Kier alpha value is -2.28. The van der Waals surface area contributed by atoms with Crippen LogP contribution in [0, 0.1) is 12.8 Å². The second-order valence-electron chi connectivity index (χ2n) is 6.25. The molecule has 134 valence electrons. The van der Waals surface area contributed by atoms with Gasteiger partial charge in [-0.3, -0.25) is 14.9 Å². The molecule has 0 aliphatic heterocycles. The van der Waals surface area contributed by atoms with Gasteiger partial charge in [0.2, 0.25) is 11.0 Å². The predicted octanol–water partition coefficient (Wildman–Crippen LogP) is 3.19. The molecule has 0 saturated carbocycles. The molecule has 6 nitrogen and oxygen atoms in total. The third-order valence-electron chi connectivity index (χ3n) is 3.79. The molecule has 25 heavy (non-hydrogen) atoms. The van der Waals surface area contributed by atoms with Crippen molar-refractivity contribution in [3.8, 4) is 0 Å². The van der Waals surface area contributed by atoms with E-state index in [0.29, 0.717) is 10.7 Å². The standard InChI is InChI=1S/C18H24N4O2S/c1-5-8-14-21-22-18(25-14)20-17(24)15(11(2)3)19-16(23)13-10-7-6-9-12(13)4/h6-7,9-11,15H,5,8H2,1-4H3,(H,19,23)(H,20,22,24)/t15-/m1/s1. The summed E-state index contributed by atoms with van der Waals surface area (Å²) in [6.45, 7) is 7.72. The third kappa shape index (κ3) is 5.09. The molecule has 0 saturated heterocycles. The van der Waals surface area contributed by atoms with Crippen molar-refractivity contribution in [3.05, 3.63) is 40.4 Å². The monoisotopic (exact) mass is 360 g/mol. The molecule has 1 aromatic carbocycles. The quantitative estimate of drug-likeness (QED) is 0.794. The first-order chi connectivity index (χ1) is 11.9. The van der Waals surface area contributed by atoms with Gasteiger partial charge in [-0.1, -0.05) is 50.3 Å². The van der Waals surface area contributed by atoms with E-state index >= 15 is 0 Å². The molecule has 2 amide bonds. The SMILES string of the molecule is CCCc1nnc(NC(=O)[C@H](NC(=O)c2ccccc2C)C(C)C)s1. The zero-order valence-corrected chi connectivity index (χ0v) is 15.8. The number of aromatic nitrogens is 2. The summed E-state index contributed by atoms with van der Waals surface area (Å²) >= 11 is 1.37. The van der Waals surface area contributed by atoms with E-state index < -0.39 is 6.04 Å². The Kier molecular flexibility index (Phi) is 6.64. The second kappa shape index (κ2) is 8.71. The van der Waals surface area contributed by atoms with Gasteiger partial charge in [0, 0.05) is 12.0 Å².